The Morgan fingerprint density at radius 1 is 1.21 bits per heavy atom. The topological polar surface area (TPSA) is 12.5 Å². The summed E-state index contributed by atoms with van der Waals surface area (Å²) in [7, 11) is -1.74. The van der Waals surface area contributed by atoms with Crippen molar-refractivity contribution in [1.82, 2.24) is 4.90 Å². The highest BCUT2D eigenvalue weighted by atomic mass is 28.4. The predicted molar refractivity (Wildman–Crippen MR) is 105 cm³/mol. The summed E-state index contributed by atoms with van der Waals surface area (Å²) >= 11 is 0. The summed E-state index contributed by atoms with van der Waals surface area (Å²) in [6.07, 6.45) is -2.72. The first-order chi connectivity index (χ1) is 12.8. The molecular formula is C21H31F4NOSi. The molecule has 7 heteroatoms. The van der Waals surface area contributed by atoms with Crippen molar-refractivity contribution in [2.24, 2.45) is 5.92 Å². The van der Waals surface area contributed by atoms with Gasteiger partial charge in [0, 0.05) is 31.7 Å². The third-order valence-corrected chi connectivity index (χ3v) is 11.5. The fourth-order valence-electron chi connectivity index (χ4n) is 4.10. The minimum absolute atomic E-state index is 0.187. The summed E-state index contributed by atoms with van der Waals surface area (Å²) in [5, 5.41) is 0.187. The second kappa shape index (κ2) is 7.09. The molecule has 1 aliphatic heterocycles. The zero-order valence-electron chi connectivity index (χ0n) is 17.4. The molecule has 1 saturated carbocycles. The van der Waals surface area contributed by atoms with Crippen molar-refractivity contribution in [3.8, 4) is 0 Å². The van der Waals surface area contributed by atoms with Crippen LogP contribution in [0.3, 0.4) is 0 Å². The third-order valence-electron chi connectivity index (χ3n) is 6.94. The van der Waals surface area contributed by atoms with Gasteiger partial charge in [0.1, 0.15) is 5.82 Å². The van der Waals surface area contributed by atoms with Gasteiger partial charge in [-0.25, -0.2) is 4.39 Å². The first-order valence-electron chi connectivity index (χ1n) is 10.00. The highest BCUT2D eigenvalue weighted by molar-refractivity contribution is 6.74. The number of likely N-dealkylation sites (tertiary alicyclic amines) is 1. The largest absolute Gasteiger partial charge is 0.417 e. The molecule has 2 aliphatic rings. The molecule has 0 amide bonds. The number of piperidine rings is 1. The van der Waals surface area contributed by atoms with Crippen LogP contribution in [0.2, 0.25) is 18.1 Å². The van der Waals surface area contributed by atoms with E-state index in [1.165, 1.54) is 6.07 Å². The number of halogens is 4. The van der Waals surface area contributed by atoms with Crippen LogP contribution in [0.5, 0.6) is 0 Å². The van der Waals surface area contributed by atoms with Crippen LogP contribution in [0.15, 0.2) is 18.2 Å². The Hall–Kier alpha value is -0.923. The smallest absolute Gasteiger partial charge is 0.416 e. The number of hydrogen-bond acceptors (Lipinski definition) is 2. The maximum Gasteiger partial charge on any atom is 0.416 e. The number of rotatable bonds is 6. The van der Waals surface area contributed by atoms with Crippen LogP contribution in [-0.2, 0) is 16.0 Å². The fourth-order valence-corrected chi connectivity index (χ4v) is 5.19. The fraction of sp³-hybridized carbons (Fsp3) is 0.714. The SMILES string of the molecule is CC(C)(C)[Si](C)(C)OCCCN1C[C@@H]2C[C@]2(c2ccc(C(F)(F)F)cc2F)C1. The molecule has 0 radical (unpaired) electrons. The van der Waals surface area contributed by atoms with Gasteiger partial charge in [0.2, 0.25) is 0 Å². The van der Waals surface area contributed by atoms with Gasteiger partial charge in [-0.15, -0.1) is 0 Å². The lowest BCUT2D eigenvalue weighted by atomic mass is 9.93. The number of benzene rings is 1. The molecule has 0 N–H and O–H groups in total. The van der Waals surface area contributed by atoms with Crippen LogP contribution >= 0.6 is 0 Å². The van der Waals surface area contributed by atoms with E-state index >= 15 is 0 Å². The summed E-state index contributed by atoms with van der Waals surface area (Å²) < 4.78 is 59.0. The number of fused-ring (bicyclic) bond motifs is 1. The molecule has 1 aliphatic carbocycles. The molecule has 28 heavy (non-hydrogen) atoms. The molecule has 158 valence electrons. The molecule has 1 aromatic carbocycles. The minimum Gasteiger partial charge on any atom is -0.417 e. The lowest BCUT2D eigenvalue weighted by Crippen LogP contribution is -2.41. The summed E-state index contributed by atoms with van der Waals surface area (Å²) in [5.41, 5.74) is -0.764. The zero-order valence-corrected chi connectivity index (χ0v) is 18.4. The quantitative estimate of drug-likeness (QED) is 0.328. The average Bonchev–Trinajstić information content (AvgIpc) is 3.11. The van der Waals surface area contributed by atoms with E-state index in [0.717, 1.165) is 45.1 Å². The van der Waals surface area contributed by atoms with Crippen molar-refractivity contribution in [1.29, 1.82) is 0 Å². The van der Waals surface area contributed by atoms with Crippen molar-refractivity contribution in [3.05, 3.63) is 35.1 Å². The molecule has 0 bridgehead atoms. The lowest BCUT2D eigenvalue weighted by Gasteiger charge is -2.36. The van der Waals surface area contributed by atoms with Gasteiger partial charge in [0.25, 0.3) is 0 Å². The normalized spacial score (nSPS) is 25.8. The Morgan fingerprint density at radius 2 is 1.89 bits per heavy atom. The van der Waals surface area contributed by atoms with E-state index in [4.69, 9.17) is 4.43 Å². The van der Waals surface area contributed by atoms with Gasteiger partial charge >= 0.3 is 6.18 Å². The molecule has 3 rings (SSSR count). The highest BCUT2D eigenvalue weighted by Gasteiger charge is 2.61. The molecule has 1 heterocycles. The van der Waals surface area contributed by atoms with E-state index in [1.807, 2.05) is 0 Å². The minimum atomic E-state index is -4.51. The van der Waals surface area contributed by atoms with Gasteiger partial charge in [-0.05, 0) is 54.6 Å². The van der Waals surface area contributed by atoms with E-state index in [-0.39, 0.29) is 10.5 Å². The van der Waals surface area contributed by atoms with Crippen molar-refractivity contribution in [3.63, 3.8) is 0 Å². The van der Waals surface area contributed by atoms with E-state index in [1.54, 1.807) is 0 Å². The molecule has 1 saturated heterocycles. The molecule has 0 aromatic heterocycles. The van der Waals surface area contributed by atoms with Gasteiger partial charge in [-0.1, -0.05) is 26.8 Å². The Balaban J connectivity index is 1.55. The van der Waals surface area contributed by atoms with E-state index in [9.17, 15) is 17.6 Å². The second-order valence-corrected chi connectivity index (χ2v) is 14.8. The molecule has 0 spiro atoms. The highest BCUT2D eigenvalue weighted by Crippen LogP contribution is 2.59. The van der Waals surface area contributed by atoms with Gasteiger partial charge in [0.15, 0.2) is 8.32 Å². The average molecular weight is 418 g/mol. The second-order valence-electron chi connectivity index (χ2n) is 9.95. The predicted octanol–water partition coefficient (Wildman–Crippen LogP) is 5.83. The van der Waals surface area contributed by atoms with Crippen LogP contribution in [-0.4, -0.2) is 39.5 Å². The van der Waals surface area contributed by atoms with Crippen LogP contribution in [0, 0.1) is 11.7 Å². The van der Waals surface area contributed by atoms with Gasteiger partial charge in [0.05, 0.1) is 5.56 Å². The first kappa shape index (κ1) is 21.8. The van der Waals surface area contributed by atoms with E-state index in [2.05, 4.69) is 38.8 Å². The van der Waals surface area contributed by atoms with Crippen molar-refractivity contribution < 1.29 is 22.0 Å². The summed E-state index contributed by atoms with van der Waals surface area (Å²) in [6, 6.07) is 3.01. The zero-order chi connectivity index (χ0) is 21.0. The standard InChI is InChI=1S/C21H31F4NOSi/c1-19(2,3)28(4,5)27-10-6-9-26-13-16-12-20(16,14-26)17-8-7-15(11-18(17)22)21(23,24)25/h7-8,11,16H,6,9-10,12-14H2,1-5H3/t16-,20-/m0/s1. The Kier molecular flexibility index (Phi) is 5.52. The van der Waals surface area contributed by atoms with Crippen LogP contribution in [0.25, 0.3) is 0 Å². The summed E-state index contributed by atoms with van der Waals surface area (Å²) in [6.45, 7) is 14.3. The van der Waals surface area contributed by atoms with Crippen molar-refractivity contribution >= 4 is 8.32 Å². The number of nitrogens with zero attached hydrogens (tertiary/aromatic N) is 1. The molecule has 2 fully saturated rings. The molecule has 1 aromatic rings. The van der Waals surface area contributed by atoms with Gasteiger partial charge in [-0.3, -0.25) is 0 Å². The van der Waals surface area contributed by atoms with Crippen LogP contribution in [0.1, 0.15) is 44.7 Å². The summed E-state index contributed by atoms with van der Waals surface area (Å²) in [4.78, 5) is 2.31. The Labute approximate surface area is 166 Å². The molecule has 0 unspecified atom stereocenters. The lowest BCUT2D eigenvalue weighted by molar-refractivity contribution is -0.137. The van der Waals surface area contributed by atoms with E-state index < -0.39 is 25.9 Å². The van der Waals surface area contributed by atoms with E-state index in [0.29, 0.717) is 17.5 Å². The maximum atomic E-state index is 14.4. The van der Waals surface area contributed by atoms with Gasteiger partial charge < -0.3 is 9.33 Å². The van der Waals surface area contributed by atoms with Crippen molar-refractivity contribution in [2.45, 2.75) is 63.3 Å². The Morgan fingerprint density at radius 3 is 2.46 bits per heavy atom. The third kappa shape index (κ3) is 4.17. The molecule has 2 nitrogen and oxygen atoms in total. The summed E-state index contributed by atoms with van der Waals surface area (Å²) in [5.74, 6) is -0.375. The van der Waals surface area contributed by atoms with Crippen LogP contribution < -0.4 is 0 Å². The van der Waals surface area contributed by atoms with Gasteiger partial charge in [-0.2, -0.15) is 13.2 Å². The van der Waals surface area contributed by atoms with Crippen molar-refractivity contribution in [2.75, 3.05) is 26.2 Å². The Bertz CT molecular complexity index is 728. The monoisotopic (exact) mass is 417 g/mol. The number of alkyl halides is 3. The number of hydrogen-bond donors (Lipinski definition) is 0. The van der Waals surface area contributed by atoms with Crippen LogP contribution in [0.4, 0.5) is 17.6 Å². The molecular weight excluding hydrogens is 386 g/mol. The molecule has 2 atom stereocenters. The maximum absolute atomic E-state index is 14.4. The first-order valence-corrected chi connectivity index (χ1v) is 12.9.